The molecule has 188 valence electrons. The maximum Gasteiger partial charge on any atom is 0.410 e. The molecule has 0 bridgehead atoms. The molecule has 9 heteroatoms. The zero-order valence-corrected chi connectivity index (χ0v) is 21.1. The Morgan fingerprint density at radius 2 is 1.91 bits per heavy atom. The number of aliphatic hydroxyl groups excluding tert-OH is 1. The fourth-order valence-corrected chi connectivity index (χ4v) is 4.29. The van der Waals surface area contributed by atoms with Crippen molar-refractivity contribution in [3.8, 4) is 0 Å². The second-order valence-corrected chi connectivity index (χ2v) is 10.7. The molecule has 1 aromatic rings. The van der Waals surface area contributed by atoms with Crippen LogP contribution in [0.3, 0.4) is 0 Å². The highest BCUT2D eigenvalue weighted by Gasteiger charge is 2.29. The van der Waals surface area contributed by atoms with Gasteiger partial charge in [-0.25, -0.2) is 17.9 Å². The van der Waals surface area contributed by atoms with Gasteiger partial charge in [-0.15, -0.1) is 6.58 Å². The third-order valence-corrected chi connectivity index (χ3v) is 6.20. The first-order chi connectivity index (χ1) is 15.5. The summed E-state index contributed by atoms with van der Waals surface area (Å²) in [4.78, 5) is 14.5. The molecule has 8 nitrogen and oxygen atoms in total. The van der Waals surface area contributed by atoms with Gasteiger partial charge in [-0.3, -0.25) is 0 Å². The van der Waals surface area contributed by atoms with Crippen LogP contribution in [-0.2, 0) is 19.5 Å². The smallest absolute Gasteiger partial charge is 0.410 e. The Morgan fingerprint density at radius 3 is 2.45 bits per heavy atom. The SMILES string of the molecule is C=CCC(CO)CN(C[C@H](COCCCC)NS(=O)(=O)c1ccccc1)C(=O)OC(C)(C)C. The Balaban J connectivity index is 3.12. The Labute approximate surface area is 199 Å². The lowest BCUT2D eigenvalue weighted by Crippen LogP contribution is -2.50. The van der Waals surface area contributed by atoms with E-state index in [2.05, 4.69) is 11.3 Å². The van der Waals surface area contributed by atoms with Crippen molar-refractivity contribution in [2.75, 3.05) is 32.9 Å². The van der Waals surface area contributed by atoms with Gasteiger partial charge in [0.1, 0.15) is 5.60 Å². The molecular formula is C24H40N2O6S. The van der Waals surface area contributed by atoms with Crippen LogP contribution in [0.1, 0.15) is 47.0 Å². The van der Waals surface area contributed by atoms with Crippen LogP contribution in [0.4, 0.5) is 4.79 Å². The summed E-state index contributed by atoms with van der Waals surface area (Å²) >= 11 is 0. The van der Waals surface area contributed by atoms with E-state index in [4.69, 9.17) is 9.47 Å². The van der Waals surface area contributed by atoms with Crippen molar-refractivity contribution in [2.24, 2.45) is 5.92 Å². The van der Waals surface area contributed by atoms with Gasteiger partial charge in [-0.1, -0.05) is 37.6 Å². The van der Waals surface area contributed by atoms with E-state index < -0.39 is 27.8 Å². The number of aliphatic hydroxyl groups is 1. The van der Waals surface area contributed by atoms with Crippen molar-refractivity contribution in [1.29, 1.82) is 0 Å². The molecule has 33 heavy (non-hydrogen) atoms. The predicted octanol–water partition coefficient (Wildman–Crippen LogP) is 3.57. The number of nitrogens with one attached hydrogen (secondary N) is 1. The third-order valence-electron chi connectivity index (χ3n) is 4.67. The molecule has 1 aromatic carbocycles. The molecule has 0 aliphatic carbocycles. The summed E-state index contributed by atoms with van der Waals surface area (Å²) in [6.07, 6.45) is 3.40. The van der Waals surface area contributed by atoms with E-state index in [9.17, 15) is 18.3 Å². The van der Waals surface area contributed by atoms with Gasteiger partial charge in [0.25, 0.3) is 0 Å². The van der Waals surface area contributed by atoms with E-state index in [0.29, 0.717) is 13.0 Å². The molecule has 0 aromatic heterocycles. The van der Waals surface area contributed by atoms with E-state index in [1.165, 1.54) is 17.0 Å². The first kappa shape index (κ1) is 29.1. The van der Waals surface area contributed by atoms with Gasteiger partial charge in [-0.05, 0) is 45.7 Å². The van der Waals surface area contributed by atoms with E-state index in [1.54, 1.807) is 45.0 Å². The lowest BCUT2D eigenvalue weighted by molar-refractivity contribution is 0.0152. The van der Waals surface area contributed by atoms with E-state index in [-0.39, 0.29) is 37.1 Å². The normalized spacial score (nSPS) is 13.8. The Hall–Kier alpha value is -1.94. The van der Waals surface area contributed by atoms with Crippen LogP contribution >= 0.6 is 0 Å². The number of allylic oxidation sites excluding steroid dienone is 1. The highest BCUT2D eigenvalue weighted by molar-refractivity contribution is 7.89. The van der Waals surface area contributed by atoms with Crippen LogP contribution in [0.5, 0.6) is 0 Å². The fraction of sp³-hybridized carbons (Fsp3) is 0.625. The summed E-state index contributed by atoms with van der Waals surface area (Å²) in [5.74, 6) is -0.248. The van der Waals surface area contributed by atoms with Gasteiger partial charge in [-0.2, -0.15) is 0 Å². The second-order valence-electron chi connectivity index (χ2n) is 9.02. The molecular weight excluding hydrogens is 444 g/mol. The number of benzene rings is 1. The quantitative estimate of drug-likeness (QED) is 0.291. The van der Waals surface area contributed by atoms with Crippen molar-refractivity contribution < 1.29 is 27.8 Å². The molecule has 0 aliphatic rings. The van der Waals surface area contributed by atoms with Gasteiger partial charge in [0.05, 0.1) is 17.5 Å². The molecule has 0 saturated carbocycles. The summed E-state index contributed by atoms with van der Waals surface area (Å²) in [5.41, 5.74) is -0.723. The number of carbonyl (C=O) groups excluding carboxylic acids is 1. The Morgan fingerprint density at radius 1 is 1.24 bits per heavy atom. The highest BCUT2D eigenvalue weighted by atomic mass is 32.2. The summed E-state index contributed by atoms with van der Waals surface area (Å²) in [6, 6.07) is 7.35. The standard InChI is InChI=1S/C24H40N2O6S/c1-6-8-15-31-19-21(25-33(29,30)22-13-10-9-11-14-22)17-26(16-20(18-27)12-7-2)23(28)32-24(3,4)5/h7,9-11,13-14,20-21,25,27H,2,6,8,12,15-19H2,1,3-5H3/t20?,21-/m1/s1. The number of unbranched alkanes of at least 4 members (excludes halogenated alkanes) is 1. The lowest BCUT2D eigenvalue weighted by atomic mass is 10.1. The minimum absolute atomic E-state index is 0.0285. The average molecular weight is 485 g/mol. The molecule has 1 amide bonds. The molecule has 2 N–H and O–H groups in total. The first-order valence-corrected chi connectivity index (χ1v) is 12.9. The van der Waals surface area contributed by atoms with Crippen LogP contribution in [0.25, 0.3) is 0 Å². The average Bonchev–Trinajstić information content (AvgIpc) is 2.74. The molecule has 0 radical (unpaired) electrons. The van der Waals surface area contributed by atoms with Crippen LogP contribution in [0.2, 0.25) is 0 Å². The number of nitrogens with zero attached hydrogens (tertiary/aromatic N) is 1. The third kappa shape index (κ3) is 11.7. The number of sulfonamides is 1. The van der Waals surface area contributed by atoms with E-state index >= 15 is 0 Å². The largest absolute Gasteiger partial charge is 0.444 e. The molecule has 0 fully saturated rings. The summed E-state index contributed by atoms with van der Waals surface area (Å²) in [6.45, 7) is 11.7. The van der Waals surface area contributed by atoms with Crippen LogP contribution in [0.15, 0.2) is 47.9 Å². The number of carbonyl (C=O) groups is 1. The zero-order chi connectivity index (χ0) is 24.9. The van der Waals surface area contributed by atoms with Crippen LogP contribution in [0, 0.1) is 5.92 Å². The highest BCUT2D eigenvalue weighted by Crippen LogP contribution is 2.15. The minimum Gasteiger partial charge on any atom is -0.444 e. The minimum atomic E-state index is -3.83. The fourth-order valence-electron chi connectivity index (χ4n) is 3.05. The lowest BCUT2D eigenvalue weighted by Gasteiger charge is -2.32. The number of hydrogen-bond donors (Lipinski definition) is 2. The van der Waals surface area contributed by atoms with E-state index in [0.717, 1.165) is 12.8 Å². The molecule has 0 spiro atoms. The van der Waals surface area contributed by atoms with Gasteiger partial charge in [0.2, 0.25) is 10.0 Å². The molecule has 2 atom stereocenters. The van der Waals surface area contributed by atoms with Gasteiger partial charge in [0.15, 0.2) is 0 Å². The van der Waals surface area contributed by atoms with Crippen LogP contribution < -0.4 is 4.72 Å². The van der Waals surface area contributed by atoms with Crippen molar-refractivity contribution in [2.45, 2.75) is 63.5 Å². The second kappa shape index (κ2) is 14.3. The van der Waals surface area contributed by atoms with Crippen LogP contribution in [-0.4, -0.2) is 69.1 Å². The van der Waals surface area contributed by atoms with Gasteiger partial charge < -0.3 is 19.5 Å². The number of ether oxygens (including phenoxy) is 2. The van der Waals surface area contributed by atoms with Crippen molar-refractivity contribution in [3.63, 3.8) is 0 Å². The maximum absolute atomic E-state index is 12.9. The Bertz CT molecular complexity index is 808. The van der Waals surface area contributed by atoms with Crippen molar-refractivity contribution in [3.05, 3.63) is 43.0 Å². The summed E-state index contributed by atoms with van der Waals surface area (Å²) in [7, 11) is -3.83. The zero-order valence-electron chi connectivity index (χ0n) is 20.3. The topological polar surface area (TPSA) is 105 Å². The molecule has 0 saturated heterocycles. The number of hydrogen-bond acceptors (Lipinski definition) is 6. The van der Waals surface area contributed by atoms with Gasteiger partial charge in [0, 0.05) is 32.2 Å². The number of rotatable bonds is 15. The summed E-state index contributed by atoms with van der Waals surface area (Å²) in [5, 5.41) is 9.73. The molecule has 1 rings (SSSR count). The first-order valence-electron chi connectivity index (χ1n) is 11.4. The van der Waals surface area contributed by atoms with Gasteiger partial charge >= 0.3 is 6.09 Å². The maximum atomic E-state index is 12.9. The monoisotopic (exact) mass is 484 g/mol. The molecule has 0 aliphatic heterocycles. The van der Waals surface area contributed by atoms with Crippen molar-refractivity contribution >= 4 is 16.1 Å². The Kier molecular flexibility index (Phi) is 12.7. The number of amides is 1. The van der Waals surface area contributed by atoms with E-state index in [1.807, 2.05) is 6.92 Å². The molecule has 1 unspecified atom stereocenters. The molecule has 0 heterocycles. The van der Waals surface area contributed by atoms with Crippen molar-refractivity contribution in [1.82, 2.24) is 9.62 Å². The predicted molar refractivity (Wildman–Crippen MR) is 129 cm³/mol. The summed E-state index contributed by atoms with van der Waals surface area (Å²) < 4.78 is 39.8.